The van der Waals surface area contributed by atoms with Gasteiger partial charge < -0.3 is 15.7 Å². The molecule has 0 spiro atoms. The number of nitrogens with zero attached hydrogens (tertiary/aromatic N) is 3. The summed E-state index contributed by atoms with van der Waals surface area (Å²) in [4.78, 5) is 21.9. The predicted molar refractivity (Wildman–Crippen MR) is 72.1 cm³/mol. The third-order valence-corrected chi connectivity index (χ3v) is 2.78. The average Bonchev–Trinajstić information content (AvgIpc) is 2.92. The highest BCUT2D eigenvalue weighted by molar-refractivity contribution is 5.73. The maximum atomic E-state index is 11.5. The highest BCUT2D eigenvalue weighted by Gasteiger charge is 2.07. The van der Waals surface area contributed by atoms with Crippen LogP contribution in [0, 0.1) is 5.92 Å². The molecule has 0 aliphatic heterocycles. The van der Waals surface area contributed by atoms with Crippen LogP contribution < -0.4 is 10.6 Å². The molecule has 0 aromatic carbocycles. The summed E-state index contributed by atoms with van der Waals surface area (Å²) in [7, 11) is 0. The fourth-order valence-corrected chi connectivity index (χ4v) is 1.60. The predicted octanol–water partition coefficient (Wildman–Crippen LogP) is 0.468. The summed E-state index contributed by atoms with van der Waals surface area (Å²) in [6, 6.07) is -0.231. The number of carbonyl (C=O) groups excluding carboxylic acids is 1. The lowest BCUT2D eigenvalue weighted by atomic mass is 10.1. The monoisotopic (exact) mass is 283 g/mol. The van der Waals surface area contributed by atoms with E-state index in [0.29, 0.717) is 26.1 Å². The van der Waals surface area contributed by atoms with Crippen molar-refractivity contribution in [1.29, 1.82) is 0 Å². The van der Waals surface area contributed by atoms with E-state index >= 15 is 0 Å². The van der Waals surface area contributed by atoms with Crippen molar-refractivity contribution in [3.8, 4) is 0 Å². The largest absolute Gasteiger partial charge is 0.481 e. The number of hydrogen-bond donors (Lipinski definition) is 3. The minimum absolute atomic E-state index is 0.127. The lowest BCUT2D eigenvalue weighted by Gasteiger charge is -2.12. The fraction of sp³-hybridized carbons (Fsp3) is 0.667. The Morgan fingerprint density at radius 2 is 2.20 bits per heavy atom. The van der Waals surface area contributed by atoms with E-state index in [0.717, 1.165) is 6.42 Å². The summed E-state index contributed by atoms with van der Waals surface area (Å²) >= 11 is 0. The molecule has 0 saturated heterocycles. The molecule has 1 heterocycles. The van der Waals surface area contributed by atoms with Crippen molar-refractivity contribution >= 4 is 12.0 Å². The lowest BCUT2D eigenvalue weighted by Crippen LogP contribution is -2.38. The van der Waals surface area contributed by atoms with Gasteiger partial charge in [0, 0.05) is 32.3 Å². The Bertz CT molecular complexity index is 407. The average molecular weight is 283 g/mol. The second-order valence-electron chi connectivity index (χ2n) is 4.69. The molecule has 8 nitrogen and oxygen atoms in total. The Morgan fingerprint density at radius 1 is 1.40 bits per heavy atom. The van der Waals surface area contributed by atoms with Gasteiger partial charge in [-0.15, -0.1) is 5.10 Å². The fourth-order valence-electron chi connectivity index (χ4n) is 1.60. The Morgan fingerprint density at radius 3 is 2.85 bits per heavy atom. The molecule has 0 fully saturated rings. The Kier molecular flexibility index (Phi) is 7.08. The second-order valence-corrected chi connectivity index (χ2v) is 4.69. The second kappa shape index (κ2) is 8.89. The molecule has 8 heteroatoms. The van der Waals surface area contributed by atoms with E-state index < -0.39 is 5.97 Å². The number of aromatic nitrogens is 3. The van der Waals surface area contributed by atoms with Gasteiger partial charge in [0.25, 0.3) is 0 Å². The molecule has 0 aliphatic rings. The number of nitrogens with one attached hydrogen (secondary N) is 2. The lowest BCUT2D eigenvalue weighted by molar-refractivity contribution is -0.137. The number of aryl methyl sites for hydroxylation is 1. The Hall–Kier alpha value is -2.12. The SMILES string of the molecule is CC(CCC(=O)O)CNC(=O)NCCCn1ccnn1. The van der Waals surface area contributed by atoms with Gasteiger partial charge in [-0.3, -0.25) is 9.48 Å². The molecule has 0 radical (unpaired) electrons. The number of urea groups is 1. The minimum atomic E-state index is -0.811. The van der Waals surface area contributed by atoms with Crippen LogP contribution in [-0.2, 0) is 11.3 Å². The highest BCUT2D eigenvalue weighted by Crippen LogP contribution is 2.03. The van der Waals surface area contributed by atoms with E-state index in [-0.39, 0.29) is 18.4 Å². The summed E-state index contributed by atoms with van der Waals surface area (Å²) in [6.45, 7) is 3.64. The van der Waals surface area contributed by atoms with Crippen LogP contribution in [0.3, 0.4) is 0 Å². The number of carbonyl (C=O) groups is 2. The molecule has 2 amide bonds. The molecule has 0 saturated carbocycles. The Labute approximate surface area is 117 Å². The van der Waals surface area contributed by atoms with Crippen LogP contribution in [0.15, 0.2) is 12.4 Å². The van der Waals surface area contributed by atoms with Gasteiger partial charge in [-0.2, -0.15) is 0 Å². The maximum absolute atomic E-state index is 11.5. The molecule has 1 unspecified atom stereocenters. The summed E-state index contributed by atoms with van der Waals surface area (Å²) in [6.07, 6.45) is 4.83. The molecule has 112 valence electrons. The smallest absolute Gasteiger partial charge is 0.314 e. The number of rotatable bonds is 9. The summed E-state index contributed by atoms with van der Waals surface area (Å²) < 4.78 is 1.70. The third kappa shape index (κ3) is 7.34. The van der Waals surface area contributed by atoms with Crippen LogP contribution in [-0.4, -0.2) is 45.2 Å². The van der Waals surface area contributed by atoms with E-state index in [1.54, 1.807) is 17.1 Å². The zero-order valence-corrected chi connectivity index (χ0v) is 11.6. The molecular formula is C12H21N5O3. The van der Waals surface area contributed by atoms with Crippen molar-refractivity contribution in [3.63, 3.8) is 0 Å². The van der Waals surface area contributed by atoms with Crippen LogP contribution in [0.25, 0.3) is 0 Å². The maximum Gasteiger partial charge on any atom is 0.314 e. The molecule has 1 aromatic heterocycles. The van der Waals surface area contributed by atoms with E-state index in [4.69, 9.17) is 5.11 Å². The van der Waals surface area contributed by atoms with Gasteiger partial charge >= 0.3 is 12.0 Å². The summed E-state index contributed by atoms with van der Waals surface area (Å²) in [5.74, 6) is -0.665. The first kappa shape index (κ1) is 15.9. The first-order valence-corrected chi connectivity index (χ1v) is 6.65. The Balaban J connectivity index is 2.01. The molecule has 20 heavy (non-hydrogen) atoms. The van der Waals surface area contributed by atoms with Gasteiger partial charge in [0.1, 0.15) is 0 Å². The number of hydrogen-bond acceptors (Lipinski definition) is 4. The van der Waals surface area contributed by atoms with Crippen molar-refractivity contribution in [1.82, 2.24) is 25.6 Å². The van der Waals surface area contributed by atoms with Crippen LogP contribution in [0.5, 0.6) is 0 Å². The van der Waals surface area contributed by atoms with Crippen LogP contribution >= 0.6 is 0 Å². The van der Waals surface area contributed by atoms with E-state index in [1.807, 2.05) is 6.92 Å². The standard InChI is InChI=1S/C12H21N5O3/c1-10(3-4-11(18)19)9-14-12(20)13-5-2-7-17-8-6-15-16-17/h6,8,10H,2-5,7,9H2,1H3,(H,18,19)(H2,13,14,20). The molecule has 1 rings (SSSR count). The van der Waals surface area contributed by atoms with Crippen molar-refractivity contribution in [3.05, 3.63) is 12.4 Å². The van der Waals surface area contributed by atoms with Gasteiger partial charge in [-0.1, -0.05) is 12.1 Å². The van der Waals surface area contributed by atoms with Crippen molar-refractivity contribution in [2.45, 2.75) is 32.7 Å². The normalized spacial score (nSPS) is 11.8. The molecule has 1 aromatic rings. The number of aliphatic carboxylic acids is 1. The molecule has 0 aliphatic carbocycles. The van der Waals surface area contributed by atoms with Crippen molar-refractivity contribution in [2.75, 3.05) is 13.1 Å². The zero-order valence-electron chi connectivity index (χ0n) is 11.6. The van der Waals surface area contributed by atoms with Gasteiger partial charge in [0.15, 0.2) is 0 Å². The first-order valence-electron chi connectivity index (χ1n) is 6.65. The van der Waals surface area contributed by atoms with E-state index in [1.165, 1.54) is 0 Å². The molecule has 1 atom stereocenters. The van der Waals surface area contributed by atoms with Crippen LogP contribution in [0.4, 0.5) is 4.79 Å². The number of carboxylic acids is 1. The van der Waals surface area contributed by atoms with Crippen molar-refractivity contribution < 1.29 is 14.7 Å². The van der Waals surface area contributed by atoms with E-state index in [2.05, 4.69) is 20.9 Å². The van der Waals surface area contributed by atoms with Gasteiger partial charge in [-0.05, 0) is 18.8 Å². The molecular weight excluding hydrogens is 262 g/mol. The zero-order chi connectivity index (χ0) is 14.8. The molecule has 3 N–H and O–H groups in total. The van der Waals surface area contributed by atoms with Gasteiger partial charge in [0.2, 0.25) is 0 Å². The van der Waals surface area contributed by atoms with Crippen LogP contribution in [0.2, 0.25) is 0 Å². The first-order chi connectivity index (χ1) is 9.58. The summed E-state index contributed by atoms with van der Waals surface area (Å²) in [5, 5.41) is 21.5. The number of amides is 2. The van der Waals surface area contributed by atoms with Gasteiger partial charge in [-0.25, -0.2) is 4.79 Å². The minimum Gasteiger partial charge on any atom is -0.481 e. The van der Waals surface area contributed by atoms with Gasteiger partial charge in [0.05, 0.1) is 6.20 Å². The summed E-state index contributed by atoms with van der Waals surface area (Å²) in [5.41, 5.74) is 0. The quantitative estimate of drug-likeness (QED) is 0.571. The van der Waals surface area contributed by atoms with E-state index in [9.17, 15) is 9.59 Å². The van der Waals surface area contributed by atoms with Crippen molar-refractivity contribution in [2.24, 2.45) is 5.92 Å². The van der Waals surface area contributed by atoms with Crippen LogP contribution in [0.1, 0.15) is 26.2 Å². The highest BCUT2D eigenvalue weighted by atomic mass is 16.4. The third-order valence-electron chi connectivity index (χ3n) is 2.78. The molecule has 0 bridgehead atoms. The number of carboxylic acid groups (broad SMARTS) is 1. The topological polar surface area (TPSA) is 109 Å².